The van der Waals surface area contributed by atoms with E-state index in [4.69, 9.17) is 22.7 Å². The normalized spacial score (nSPS) is 34.4. The van der Waals surface area contributed by atoms with Crippen LogP contribution in [0.2, 0.25) is 0 Å². The molecule has 102 valence electrons. The maximum atomic E-state index is 11.7. The maximum Gasteiger partial charge on any atom is 0.407 e. The smallest absolute Gasteiger partial charge is 0.407 e. The highest BCUT2D eigenvalue weighted by Gasteiger charge is 2.50. The SMILES string of the molecule is CC(C)OC(=O)NC12CCC(C(N)=S)(CC1)CC2. The van der Waals surface area contributed by atoms with Crippen LogP contribution >= 0.6 is 12.2 Å². The summed E-state index contributed by atoms with van der Waals surface area (Å²) in [5.41, 5.74) is 5.84. The Morgan fingerprint density at radius 3 is 2.11 bits per heavy atom. The molecule has 0 aromatic rings. The standard InChI is InChI=1S/C13H22N2O2S/c1-9(2)17-11(16)15-13-6-3-12(4-7-13,5-8-13)10(14)18/h9H,3-8H2,1-2H3,(H2,14,18)(H,15,16). The molecule has 0 spiro atoms. The lowest BCUT2D eigenvalue weighted by atomic mass is 9.57. The van der Waals surface area contributed by atoms with Gasteiger partial charge in [-0.15, -0.1) is 0 Å². The van der Waals surface area contributed by atoms with Gasteiger partial charge in [0.1, 0.15) is 0 Å². The minimum absolute atomic E-state index is 0.0563. The summed E-state index contributed by atoms with van der Waals surface area (Å²) in [6.45, 7) is 3.72. The van der Waals surface area contributed by atoms with Gasteiger partial charge in [-0.05, 0) is 52.4 Å². The molecule has 5 heteroatoms. The van der Waals surface area contributed by atoms with Crippen molar-refractivity contribution in [2.24, 2.45) is 11.1 Å². The third kappa shape index (κ3) is 2.46. The van der Waals surface area contributed by atoms with Gasteiger partial charge >= 0.3 is 6.09 Å². The first-order valence-corrected chi connectivity index (χ1v) is 7.07. The zero-order valence-corrected chi connectivity index (χ0v) is 11.9. The van der Waals surface area contributed by atoms with Gasteiger partial charge in [-0.3, -0.25) is 0 Å². The first kappa shape index (κ1) is 13.6. The van der Waals surface area contributed by atoms with E-state index in [-0.39, 0.29) is 23.2 Å². The van der Waals surface area contributed by atoms with Crippen LogP contribution < -0.4 is 11.1 Å². The molecule has 0 unspecified atom stereocenters. The van der Waals surface area contributed by atoms with Crippen molar-refractivity contribution in [2.45, 2.75) is 64.0 Å². The van der Waals surface area contributed by atoms with E-state index in [1.165, 1.54) is 0 Å². The molecule has 3 rings (SSSR count). The van der Waals surface area contributed by atoms with Crippen molar-refractivity contribution < 1.29 is 9.53 Å². The Kier molecular flexibility index (Phi) is 3.54. The fourth-order valence-electron chi connectivity index (χ4n) is 3.20. The van der Waals surface area contributed by atoms with Crippen molar-refractivity contribution in [3.05, 3.63) is 0 Å². The fourth-order valence-corrected chi connectivity index (χ4v) is 3.51. The summed E-state index contributed by atoms with van der Waals surface area (Å²) in [7, 11) is 0. The van der Waals surface area contributed by atoms with Gasteiger partial charge in [-0.1, -0.05) is 12.2 Å². The van der Waals surface area contributed by atoms with Crippen LogP contribution in [0.15, 0.2) is 0 Å². The summed E-state index contributed by atoms with van der Waals surface area (Å²) in [6, 6.07) is 0. The molecule has 0 aliphatic heterocycles. The number of ether oxygens (including phenoxy) is 1. The first-order valence-electron chi connectivity index (χ1n) is 6.66. The molecule has 0 saturated heterocycles. The van der Waals surface area contributed by atoms with Crippen LogP contribution in [0.5, 0.6) is 0 Å². The lowest BCUT2D eigenvalue weighted by Gasteiger charge is -2.52. The fraction of sp³-hybridized carbons (Fsp3) is 0.846. The predicted octanol–water partition coefficient (Wildman–Crippen LogP) is 2.50. The number of hydrogen-bond donors (Lipinski definition) is 2. The van der Waals surface area contributed by atoms with Gasteiger partial charge in [-0.25, -0.2) is 4.79 Å². The zero-order chi connectivity index (χ0) is 13.4. The number of nitrogens with two attached hydrogens (primary N) is 1. The van der Waals surface area contributed by atoms with E-state index in [9.17, 15) is 4.79 Å². The molecule has 3 aliphatic rings. The number of amides is 1. The van der Waals surface area contributed by atoms with Gasteiger partial charge in [0.2, 0.25) is 0 Å². The molecule has 3 fully saturated rings. The Hall–Kier alpha value is -0.840. The molecular formula is C13H22N2O2S. The highest BCUT2D eigenvalue weighted by molar-refractivity contribution is 7.80. The highest BCUT2D eigenvalue weighted by Crippen LogP contribution is 2.52. The van der Waals surface area contributed by atoms with Crippen molar-refractivity contribution in [3.63, 3.8) is 0 Å². The maximum absolute atomic E-state index is 11.7. The van der Waals surface area contributed by atoms with Gasteiger partial charge in [0.15, 0.2) is 0 Å². The van der Waals surface area contributed by atoms with E-state index in [1.807, 2.05) is 13.8 Å². The van der Waals surface area contributed by atoms with E-state index in [2.05, 4.69) is 5.32 Å². The third-order valence-corrected chi connectivity index (χ3v) is 4.91. The Bertz CT molecular complexity index is 343. The second-order valence-corrected chi connectivity index (χ2v) is 6.44. The van der Waals surface area contributed by atoms with E-state index in [1.54, 1.807) is 0 Å². The molecule has 0 heterocycles. The van der Waals surface area contributed by atoms with Crippen LogP contribution in [0, 0.1) is 5.41 Å². The number of nitrogens with one attached hydrogen (secondary N) is 1. The van der Waals surface area contributed by atoms with E-state index >= 15 is 0 Å². The van der Waals surface area contributed by atoms with Crippen LogP contribution in [0.4, 0.5) is 4.79 Å². The third-order valence-electron chi connectivity index (χ3n) is 4.48. The topological polar surface area (TPSA) is 64.3 Å². The van der Waals surface area contributed by atoms with Gasteiger partial charge in [0.25, 0.3) is 0 Å². The Labute approximate surface area is 114 Å². The molecule has 0 aromatic carbocycles. The first-order chi connectivity index (χ1) is 8.38. The number of carbonyl (C=O) groups is 1. The summed E-state index contributed by atoms with van der Waals surface area (Å²) in [5.74, 6) is 0. The Morgan fingerprint density at radius 1 is 1.22 bits per heavy atom. The van der Waals surface area contributed by atoms with Crippen LogP contribution in [0.1, 0.15) is 52.4 Å². The largest absolute Gasteiger partial charge is 0.447 e. The van der Waals surface area contributed by atoms with Crippen LogP contribution in [-0.4, -0.2) is 22.7 Å². The van der Waals surface area contributed by atoms with Crippen molar-refractivity contribution in [1.29, 1.82) is 0 Å². The van der Waals surface area contributed by atoms with Crippen LogP contribution in [-0.2, 0) is 4.74 Å². The molecule has 18 heavy (non-hydrogen) atoms. The van der Waals surface area contributed by atoms with Crippen molar-refractivity contribution in [3.8, 4) is 0 Å². The number of thiocarbonyl (C=S) groups is 1. The second kappa shape index (κ2) is 4.68. The van der Waals surface area contributed by atoms with Crippen LogP contribution in [0.3, 0.4) is 0 Å². The molecule has 3 aliphatic carbocycles. The Morgan fingerprint density at radius 2 is 1.72 bits per heavy atom. The summed E-state index contributed by atoms with van der Waals surface area (Å²) in [6.07, 6.45) is 5.46. The molecule has 0 aromatic heterocycles. The zero-order valence-electron chi connectivity index (χ0n) is 11.1. The van der Waals surface area contributed by atoms with Crippen molar-refractivity contribution in [1.82, 2.24) is 5.32 Å². The predicted molar refractivity (Wildman–Crippen MR) is 74.4 cm³/mol. The minimum Gasteiger partial charge on any atom is -0.447 e. The van der Waals surface area contributed by atoms with E-state index in [0.29, 0.717) is 4.99 Å². The summed E-state index contributed by atoms with van der Waals surface area (Å²) in [4.78, 5) is 12.4. The minimum atomic E-state index is -0.297. The van der Waals surface area contributed by atoms with Crippen LogP contribution in [0.25, 0.3) is 0 Å². The molecule has 3 N–H and O–H groups in total. The lowest BCUT2D eigenvalue weighted by molar-refractivity contribution is 0.0524. The van der Waals surface area contributed by atoms with Gasteiger partial charge < -0.3 is 15.8 Å². The number of hydrogen-bond acceptors (Lipinski definition) is 3. The summed E-state index contributed by atoms with van der Waals surface area (Å²) in [5, 5.41) is 3.06. The average molecular weight is 270 g/mol. The monoisotopic (exact) mass is 270 g/mol. The number of fused-ring (bicyclic) bond motifs is 3. The average Bonchev–Trinajstić information content (AvgIpc) is 2.29. The van der Waals surface area contributed by atoms with Gasteiger partial charge in [-0.2, -0.15) is 0 Å². The number of rotatable bonds is 3. The molecule has 2 bridgehead atoms. The van der Waals surface area contributed by atoms with Crippen molar-refractivity contribution >= 4 is 23.3 Å². The quantitative estimate of drug-likeness (QED) is 0.773. The Balaban J connectivity index is 1.97. The molecular weight excluding hydrogens is 248 g/mol. The second-order valence-electron chi connectivity index (χ2n) is 6.00. The number of alkyl carbamates (subject to hydrolysis) is 1. The van der Waals surface area contributed by atoms with Crippen molar-refractivity contribution in [2.75, 3.05) is 0 Å². The molecule has 3 saturated carbocycles. The molecule has 0 atom stereocenters. The molecule has 0 radical (unpaired) electrons. The highest BCUT2D eigenvalue weighted by atomic mass is 32.1. The summed E-state index contributed by atoms with van der Waals surface area (Å²) >= 11 is 5.20. The van der Waals surface area contributed by atoms with Gasteiger partial charge in [0.05, 0.1) is 11.1 Å². The summed E-state index contributed by atoms with van der Waals surface area (Å²) < 4.78 is 5.17. The lowest BCUT2D eigenvalue weighted by Crippen LogP contribution is -2.59. The molecule has 1 amide bonds. The van der Waals surface area contributed by atoms with E-state index in [0.717, 1.165) is 38.5 Å². The van der Waals surface area contributed by atoms with E-state index < -0.39 is 0 Å². The molecule has 4 nitrogen and oxygen atoms in total. The van der Waals surface area contributed by atoms with Gasteiger partial charge in [0, 0.05) is 11.0 Å². The number of carbonyl (C=O) groups excluding carboxylic acids is 1.